The van der Waals surface area contributed by atoms with Crippen molar-refractivity contribution in [3.05, 3.63) is 0 Å². The van der Waals surface area contributed by atoms with E-state index in [9.17, 15) is 13.9 Å². The normalized spacial score (nSPS) is 47.9. The van der Waals surface area contributed by atoms with E-state index in [-0.39, 0.29) is 17.1 Å². The smallest absolute Gasteiger partial charge is 0.317 e. The summed E-state index contributed by atoms with van der Waals surface area (Å²) in [7, 11) is -2.54. The second kappa shape index (κ2) is 4.10. The molecule has 0 aromatic carbocycles. The van der Waals surface area contributed by atoms with Crippen LogP contribution in [0.2, 0.25) is 0 Å². The van der Waals surface area contributed by atoms with Gasteiger partial charge in [0.05, 0.1) is 17.3 Å². The minimum Gasteiger partial charge on any atom is -0.317 e. The molecule has 3 saturated heterocycles. The molecule has 6 aliphatic rings. The number of rotatable bonds is 2. The van der Waals surface area contributed by atoms with Crippen molar-refractivity contribution >= 4 is 16.8 Å². The molecule has 7 nitrogen and oxygen atoms in total. The van der Waals surface area contributed by atoms with Crippen LogP contribution in [-0.4, -0.2) is 84.8 Å². The predicted octanol–water partition coefficient (Wildman–Crippen LogP) is 0.742. The zero-order valence-corrected chi connectivity index (χ0v) is 13.5. The molecular formula is C14H24N4O3S. The lowest BCUT2D eigenvalue weighted by Crippen LogP contribution is -2.83. The largest absolute Gasteiger partial charge is 0.320 e. The molecule has 22 heavy (non-hydrogen) atoms. The van der Waals surface area contributed by atoms with E-state index in [1.807, 2.05) is 9.21 Å². The molecule has 2 bridgehead atoms. The van der Waals surface area contributed by atoms with Gasteiger partial charge in [-0.1, -0.05) is 0 Å². The number of urea groups is 1. The Bertz CT molecular complexity index is 522. The number of hydrogen-bond donors (Lipinski definition) is 3. The van der Waals surface area contributed by atoms with E-state index in [0.29, 0.717) is 11.8 Å². The lowest BCUT2D eigenvalue weighted by atomic mass is 9.43. The van der Waals surface area contributed by atoms with Crippen LogP contribution in [0.15, 0.2) is 0 Å². The molecule has 6 rings (SSSR count). The first-order valence-electron chi connectivity index (χ1n) is 8.29. The van der Waals surface area contributed by atoms with Crippen LogP contribution < -0.4 is 5.32 Å². The van der Waals surface area contributed by atoms with Crippen LogP contribution in [0.1, 0.15) is 25.7 Å². The van der Waals surface area contributed by atoms with Gasteiger partial charge in [-0.3, -0.25) is 9.11 Å². The van der Waals surface area contributed by atoms with Crippen LogP contribution >= 0.6 is 10.8 Å². The number of carbonyl (C=O) groups is 1. The van der Waals surface area contributed by atoms with Crippen LogP contribution in [0.5, 0.6) is 0 Å². The van der Waals surface area contributed by atoms with Gasteiger partial charge in [-0.2, -0.15) is 0 Å². The van der Waals surface area contributed by atoms with Gasteiger partial charge in [0.25, 0.3) is 0 Å². The molecule has 0 aromatic rings. The summed E-state index contributed by atoms with van der Waals surface area (Å²) in [5.41, 5.74) is -0.0243. The predicted molar refractivity (Wildman–Crippen MR) is 83.8 cm³/mol. The topological polar surface area (TPSA) is 79.3 Å². The van der Waals surface area contributed by atoms with Crippen molar-refractivity contribution in [2.24, 2.45) is 0 Å². The maximum Gasteiger partial charge on any atom is 0.320 e. The van der Waals surface area contributed by atoms with Crippen molar-refractivity contribution in [1.82, 2.24) is 19.4 Å². The molecule has 3 aliphatic carbocycles. The minimum absolute atomic E-state index is 0.00648. The molecule has 0 spiro atoms. The number of fused-ring (bicyclic) bond motifs is 1. The average molecular weight is 328 g/mol. The van der Waals surface area contributed by atoms with E-state index in [2.05, 4.69) is 10.2 Å². The fourth-order valence-corrected chi connectivity index (χ4v) is 7.43. The molecule has 8 heteroatoms. The minimum atomic E-state index is -2.54. The average Bonchev–Trinajstić information content (AvgIpc) is 2.90. The molecule has 0 radical (unpaired) electrons. The van der Waals surface area contributed by atoms with Crippen molar-refractivity contribution in [2.45, 2.75) is 42.8 Å². The Kier molecular flexibility index (Phi) is 2.58. The van der Waals surface area contributed by atoms with Crippen molar-refractivity contribution in [3.8, 4) is 0 Å². The molecule has 3 heterocycles. The van der Waals surface area contributed by atoms with E-state index < -0.39 is 10.8 Å². The molecular weight excluding hydrogens is 304 g/mol. The molecule has 1 atom stereocenters. The summed E-state index contributed by atoms with van der Waals surface area (Å²) >= 11 is 0. The number of hydrogen-bond acceptors (Lipinski definition) is 5. The third-order valence-electron chi connectivity index (χ3n) is 6.43. The van der Waals surface area contributed by atoms with E-state index >= 15 is 0 Å². The van der Waals surface area contributed by atoms with Gasteiger partial charge in [-0.15, -0.1) is 10.8 Å². The molecule has 0 aromatic heterocycles. The van der Waals surface area contributed by atoms with E-state index in [1.54, 1.807) is 0 Å². The summed E-state index contributed by atoms with van der Waals surface area (Å²) in [4.78, 5) is 16.8. The van der Waals surface area contributed by atoms with Crippen LogP contribution in [0.25, 0.3) is 0 Å². The number of nitrogens with one attached hydrogen (secondary N) is 1. The SMILES string of the molecule is O=C1N2CCNCC2CN1C12CC(N3CCCS3(O)O)(C1)C2. The maximum atomic E-state index is 12.7. The summed E-state index contributed by atoms with van der Waals surface area (Å²) in [6, 6.07) is 0.520. The second-order valence-corrected chi connectivity index (χ2v) is 9.83. The number of piperazine rings is 1. The molecule has 124 valence electrons. The molecule has 6 fully saturated rings. The lowest BCUT2D eigenvalue weighted by Gasteiger charge is -2.76. The maximum absolute atomic E-state index is 12.7. The van der Waals surface area contributed by atoms with Crippen molar-refractivity contribution in [3.63, 3.8) is 0 Å². The highest BCUT2D eigenvalue weighted by Gasteiger charge is 2.76. The fraction of sp³-hybridized carbons (Fsp3) is 0.929. The highest BCUT2D eigenvalue weighted by Crippen LogP contribution is 2.72. The number of nitrogens with zero attached hydrogens (tertiary/aromatic N) is 3. The summed E-state index contributed by atoms with van der Waals surface area (Å²) in [5, 5.41) is 3.37. The van der Waals surface area contributed by atoms with Gasteiger partial charge in [0, 0.05) is 38.3 Å². The standard InChI is InChI=1S/C14H24N4O3S/c19-12-16-4-2-15-6-11(16)7-17(12)13-8-14(9-13,10-13)18-3-1-5-22(18,20)21/h11,15,20-21H,1-10H2. The first-order chi connectivity index (χ1) is 10.5. The van der Waals surface area contributed by atoms with Gasteiger partial charge in [0.1, 0.15) is 0 Å². The second-order valence-electron chi connectivity index (χ2n) is 7.72. The van der Waals surface area contributed by atoms with Crippen LogP contribution in [0.3, 0.4) is 0 Å². The first-order valence-corrected chi connectivity index (χ1v) is 9.96. The van der Waals surface area contributed by atoms with Crippen LogP contribution in [-0.2, 0) is 0 Å². The van der Waals surface area contributed by atoms with Crippen LogP contribution in [0, 0.1) is 0 Å². The lowest BCUT2D eigenvalue weighted by molar-refractivity contribution is -0.190. The van der Waals surface area contributed by atoms with E-state index in [1.165, 1.54) is 0 Å². The Morgan fingerprint density at radius 2 is 1.95 bits per heavy atom. The zero-order chi connectivity index (χ0) is 15.2. The quantitative estimate of drug-likeness (QED) is 0.697. The van der Waals surface area contributed by atoms with Crippen molar-refractivity contribution < 1.29 is 13.9 Å². The first kappa shape index (κ1) is 13.9. The van der Waals surface area contributed by atoms with E-state index in [4.69, 9.17) is 0 Å². The van der Waals surface area contributed by atoms with E-state index in [0.717, 1.165) is 58.4 Å². The Morgan fingerprint density at radius 1 is 1.18 bits per heavy atom. The van der Waals surface area contributed by atoms with Gasteiger partial charge in [0.2, 0.25) is 0 Å². The highest BCUT2D eigenvalue weighted by molar-refractivity contribution is 8.22. The van der Waals surface area contributed by atoms with Gasteiger partial charge in [-0.25, -0.2) is 9.10 Å². The van der Waals surface area contributed by atoms with Gasteiger partial charge in [0.15, 0.2) is 0 Å². The number of carbonyl (C=O) groups excluding carboxylic acids is 1. The molecule has 3 saturated carbocycles. The van der Waals surface area contributed by atoms with Crippen LogP contribution in [0.4, 0.5) is 4.79 Å². The Hall–Kier alpha value is -0.540. The number of amides is 2. The molecule has 3 aliphatic heterocycles. The van der Waals surface area contributed by atoms with Gasteiger partial charge >= 0.3 is 6.03 Å². The molecule has 1 unspecified atom stereocenters. The highest BCUT2D eigenvalue weighted by atomic mass is 32.3. The third-order valence-corrected chi connectivity index (χ3v) is 8.54. The van der Waals surface area contributed by atoms with Crippen molar-refractivity contribution in [2.75, 3.05) is 38.5 Å². The van der Waals surface area contributed by atoms with Crippen molar-refractivity contribution in [1.29, 1.82) is 0 Å². The summed E-state index contributed by atoms with van der Waals surface area (Å²) in [6.07, 6.45) is 3.65. The zero-order valence-electron chi connectivity index (χ0n) is 12.7. The summed E-state index contributed by atoms with van der Waals surface area (Å²) < 4.78 is 22.4. The monoisotopic (exact) mass is 328 g/mol. The Labute approximate surface area is 132 Å². The van der Waals surface area contributed by atoms with Gasteiger partial charge < -0.3 is 15.1 Å². The molecule has 3 N–H and O–H groups in total. The summed E-state index contributed by atoms with van der Waals surface area (Å²) in [5.74, 6) is 0.520. The Morgan fingerprint density at radius 3 is 2.59 bits per heavy atom. The fourth-order valence-electron chi connectivity index (χ4n) is 5.45. The van der Waals surface area contributed by atoms with Gasteiger partial charge in [-0.05, 0) is 25.7 Å². The summed E-state index contributed by atoms with van der Waals surface area (Å²) in [6.45, 7) is 4.23. The Balaban J connectivity index is 1.31. The third kappa shape index (κ3) is 1.55. The molecule has 2 amide bonds.